The third-order valence-electron chi connectivity index (χ3n) is 5.29. The number of amides is 1. The first-order valence-corrected chi connectivity index (χ1v) is 13.9. The van der Waals surface area contributed by atoms with Crippen molar-refractivity contribution < 1.29 is 23.4 Å². The van der Waals surface area contributed by atoms with E-state index in [1.165, 1.54) is 0 Å². The zero-order chi connectivity index (χ0) is 24.7. The Morgan fingerprint density at radius 1 is 1.09 bits per heavy atom. The van der Waals surface area contributed by atoms with Crippen molar-refractivity contribution in [2.45, 2.75) is 101 Å². The number of esters is 1. The van der Waals surface area contributed by atoms with Crippen molar-refractivity contribution in [3.05, 3.63) is 0 Å². The maximum atomic E-state index is 13.9. The summed E-state index contributed by atoms with van der Waals surface area (Å²) in [6.07, 6.45) is 1.39. The van der Waals surface area contributed by atoms with Gasteiger partial charge in [0.1, 0.15) is 0 Å². The summed E-state index contributed by atoms with van der Waals surface area (Å²) in [4.78, 5) is 24.7. The first-order chi connectivity index (χ1) is 14.6. The summed E-state index contributed by atoms with van der Waals surface area (Å²) in [5, 5.41) is 2.56. The lowest BCUT2D eigenvalue weighted by Gasteiger charge is -2.43. The molecule has 1 N–H and O–H groups in total. The highest BCUT2D eigenvalue weighted by Gasteiger charge is 2.45. The van der Waals surface area contributed by atoms with Crippen LogP contribution < -0.4 is 5.32 Å². The van der Waals surface area contributed by atoms with E-state index in [0.29, 0.717) is 39.1 Å². The number of carbonyl (C=O) groups excluding carboxylic acids is 2. The molecule has 1 unspecified atom stereocenters. The van der Waals surface area contributed by atoms with E-state index in [9.17, 15) is 14.2 Å². The SMILES string of the molecule is C.C.CC(C)COC(=O)C[C@@H](CS)C(=O)NC1CCN(P(=O)(OCC(C)(C)C)C(C)(C)C)CC1. The smallest absolute Gasteiger partial charge is 0.306 e. The van der Waals surface area contributed by atoms with Gasteiger partial charge in [0.25, 0.3) is 7.52 Å². The summed E-state index contributed by atoms with van der Waals surface area (Å²) in [7, 11) is -3.05. The van der Waals surface area contributed by atoms with Gasteiger partial charge < -0.3 is 14.6 Å². The Labute approximate surface area is 215 Å². The van der Waals surface area contributed by atoms with Crippen LogP contribution in [-0.4, -0.2) is 59.8 Å². The first-order valence-electron chi connectivity index (χ1n) is 11.7. The predicted molar refractivity (Wildman–Crippen MR) is 147 cm³/mol. The highest BCUT2D eigenvalue weighted by Crippen LogP contribution is 2.62. The molecule has 7 nitrogen and oxygen atoms in total. The van der Waals surface area contributed by atoms with Gasteiger partial charge >= 0.3 is 5.97 Å². The zero-order valence-corrected chi connectivity index (χ0v) is 23.1. The number of nitrogens with zero attached hydrogens (tertiary/aromatic N) is 1. The van der Waals surface area contributed by atoms with E-state index >= 15 is 0 Å². The summed E-state index contributed by atoms with van der Waals surface area (Å²) in [6.45, 7) is 18.0. The van der Waals surface area contributed by atoms with Gasteiger partial charge in [0.2, 0.25) is 5.91 Å². The third kappa shape index (κ3) is 11.5. The molecule has 0 spiro atoms. The molecule has 1 saturated heterocycles. The van der Waals surface area contributed by atoms with E-state index in [2.05, 4.69) is 38.7 Å². The Morgan fingerprint density at radius 2 is 1.62 bits per heavy atom. The number of carbonyl (C=O) groups is 2. The van der Waals surface area contributed by atoms with Gasteiger partial charge in [-0.15, -0.1) is 0 Å². The maximum absolute atomic E-state index is 13.9. The van der Waals surface area contributed by atoms with E-state index in [0.717, 1.165) is 0 Å². The fraction of sp³-hybridized carbons (Fsp3) is 0.920. The maximum Gasteiger partial charge on any atom is 0.306 e. The Morgan fingerprint density at radius 3 is 2.03 bits per heavy atom. The predicted octanol–water partition coefficient (Wildman–Crippen LogP) is 6.03. The topological polar surface area (TPSA) is 84.9 Å². The van der Waals surface area contributed by atoms with E-state index in [1.54, 1.807) is 0 Å². The first kappa shape index (κ1) is 35.6. The molecule has 34 heavy (non-hydrogen) atoms. The largest absolute Gasteiger partial charge is 0.465 e. The Hall–Kier alpha value is -0.560. The van der Waals surface area contributed by atoms with Crippen LogP contribution >= 0.6 is 20.1 Å². The van der Waals surface area contributed by atoms with Crippen LogP contribution in [-0.2, 0) is 23.4 Å². The monoisotopic (exact) mass is 524 g/mol. The normalized spacial score (nSPS) is 18.3. The molecule has 1 aliphatic heterocycles. The van der Waals surface area contributed by atoms with Gasteiger partial charge in [-0.1, -0.05) is 49.5 Å². The summed E-state index contributed by atoms with van der Waals surface area (Å²) in [6, 6.07) is -0.0242. The zero-order valence-electron chi connectivity index (χ0n) is 21.3. The molecular weight excluding hydrogens is 471 g/mol. The molecule has 9 heteroatoms. The van der Waals surface area contributed by atoms with Crippen molar-refractivity contribution in [3.8, 4) is 0 Å². The highest BCUT2D eigenvalue weighted by atomic mass is 32.1. The molecule has 1 fully saturated rings. The van der Waals surface area contributed by atoms with E-state index in [4.69, 9.17) is 9.26 Å². The molecule has 0 radical (unpaired) electrons. The van der Waals surface area contributed by atoms with Crippen LogP contribution in [0.2, 0.25) is 0 Å². The Kier molecular flexibility index (Phi) is 15.6. The summed E-state index contributed by atoms with van der Waals surface area (Å²) in [5.74, 6) is -0.537. The minimum Gasteiger partial charge on any atom is -0.465 e. The second kappa shape index (κ2) is 14.9. The van der Waals surface area contributed by atoms with Gasteiger partial charge in [-0.25, -0.2) is 4.67 Å². The molecule has 1 amide bonds. The molecule has 2 atom stereocenters. The Balaban J connectivity index is 0. The number of hydrogen-bond acceptors (Lipinski definition) is 6. The van der Waals surface area contributed by atoms with Crippen molar-refractivity contribution in [3.63, 3.8) is 0 Å². The van der Waals surface area contributed by atoms with Crippen LogP contribution in [0.25, 0.3) is 0 Å². The second-order valence-corrected chi connectivity index (χ2v) is 15.0. The molecule has 0 aliphatic carbocycles. The van der Waals surface area contributed by atoms with Crippen LogP contribution in [0, 0.1) is 17.3 Å². The number of hydrogen-bond donors (Lipinski definition) is 2. The second-order valence-electron chi connectivity index (χ2n) is 11.4. The molecule has 1 rings (SSSR count). The number of thiol groups is 1. The van der Waals surface area contributed by atoms with Crippen molar-refractivity contribution in [1.82, 2.24) is 9.99 Å². The number of ether oxygens (including phenoxy) is 1. The van der Waals surface area contributed by atoms with Gasteiger partial charge in [-0.05, 0) is 44.9 Å². The Bertz CT molecular complexity index is 665. The summed E-state index contributed by atoms with van der Waals surface area (Å²) in [5.41, 5.74) is -0.0780. The van der Waals surface area contributed by atoms with Crippen LogP contribution in [0.4, 0.5) is 0 Å². The lowest BCUT2D eigenvalue weighted by atomic mass is 9.99. The van der Waals surface area contributed by atoms with Gasteiger partial charge in [0.05, 0.1) is 30.7 Å². The standard InChI is InChI=1S/C23H45N2O5PS.2CH4/c1-17(2)14-29-20(26)13-18(15-32)21(27)24-19-9-11-25(12-10-19)31(28,23(6,7)8)30-16-22(3,4)5;;/h17-19,32H,9-16H2,1-8H3,(H,24,27);2*1H4/t18-,31?;;/m0../s1. The average Bonchev–Trinajstić information content (AvgIpc) is 2.67. The van der Waals surface area contributed by atoms with Crippen LogP contribution in [0.3, 0.4) is 0 Å². The third-order valence-corrected chi connectivity index (χ3v) is 9.05. The van der Waals surface area contributed by atoms with Crippen molar-refractivity contribution in [1.29, 1.82) is 0 Å². The molecule has 0 bridgehead atoms. The van der Waals surface area contributed by atoms with E-state index in [-0.39, 0.29) is 56.3 Å². The minimum absolute atomic E-state index is 0. The fourth-order valence-corrected chi connectivity index (χ4v) is 6.35. The van der Waals surface area contributed by atoms with Crippen molar-refractivity contribution in [2.24, 2.45) is 17.3 Å². The van der Waals surface area contributed by atoms with Crippen LogP contribution in [0.5, 0.6) is 0 Å². The molecular formula is C25H53N2O5PS. The highest BCUT2D eigenvalue weighted by molar-refractivity contribution is 7.80. The van der Waals surface area contributed by atoms with Gasteiger partial charge in [-0.2, -0.15) is 12.6 Å². The molecule has 1 heterocycles. The van der Waals surface area contributed by atoms with Crippen LogP contribution in [0.15, 0.2) is 0 Å². The molecule has 204 valence electrons. The number of rotatable bonds is 10. The van der Waals surface area contributed by atoms with Gasteiger partial charge in [-0.3, -0.25) is 14.2 Å². The van der Waals surface area contributed by atoms with E-state index < -0.39 is 18.6 Å². The minimum atomic E-state index is -3.05. The summed E-state index contributed by atoms with van der Waals surface area (Å²) < 4.78 is 27.2. The fourth-order valence-electron chi connectivity index (χ4n) is 3.33. The van der Waals surface area contributed by atoms with Crippen molar-refractivity contribution >= 4 is 32.0 Å². The number of nitrogens with one attached hydrogen (secondary N) is 1. The molecule has 0 saturated carbocycles. The van der Waals surface area contributed by atoms with Gasteiger partial charge in [0, 0.05) is 24.9 Å². The van der Waals surface area contributed by atoms with Gasteiger partial charge in [0.15, 0.2) is 0 Å². The average molecular weight is 525 g/mol. The van der Waals surface area contributed by atoms with E-state index in [1.807, 2.05) is 39.3 Å². The quantitative estimate of drug-likeness (QED) is 0.206. The van der Waals surface area contributed by atoms with Crippen molar-refractivity contribution in [2.75, 3.05) is 32.1 Å². The lowest BCUT2D eigenvalue weighted by Crippen LogP contribution is -2.47. The lowest BCUT2D eigenvalue weighted by molar-refractivity contribution is -0.147. The molecule has 0 aromatic heterocycles. The molecule has 0 aromatic rings. The van der Waals surface area contributed by atoms with Crippen LogP contribution in [0.1, 0.15) is 89.5 Å². The molecule has 1 aliphatic rings. The summed E-state index contributed by atoms with van der Waals surface area (Å²) >= 11 is 4.26. The molecule has 0 aromatic carbocycles. The number of piperidine rings is 1.